The number of anilines is 3. The Balaban J connectivity index is 1.25. The van der Waals surface area contributed by atoms with Crippen LogP contribution in [-0.2, 0) is 5.41 Å². The van der Waals surface area contributed by atoms with E-state index >= 15 is 0 Å². The van der Waals surface area contributed by atoms with Crippen LogP contribution in [0.4, 0.5) is 17.1 Å². The highest BCUT2D eigenvalue weighted by Gasteiger charge is 2.39. The topological polar surface area (TPSA) is 29.5 Å². The van der Waals surface area contributed by atoms with Crippen LogP contribution in [0.2, 0.25) is 0 Å². The lowest BCUT2D eigenvalue weighted by Crippen LogP contribution is -2.15. The smallest absolute Gasteiger partial charge is 0.144 e. The van der Waals surface area contributed by atoms with Crippen molar-refractivity contribution in [3.8, 4) is 11.1 Å². The summed E-state index contributed by atoms with van der Waals surface area (Å²) in [5, 5.41) is 7.06. The van der Waals surface area contributed by atoms with Gasteiger partial charge in [0.25, 0.3) is 0 Å². The number of para-hydroxylation sites is 2. The molecule has 0 fully saturated rings. The molecule has 0 N–H and O–H groups in total. The average molecular weight is 592 g/mol. The van der Waals surface area contributed by atoms with Gasteiger partial charge in [0.15, 0.2) is 0 Å². The summed E-state index contributed by atoms with van der Waals surface area (Å²) in [5.41, 5.74) is 11.9. The van der Waals surface area contributed by atoms with Crippen molar-refractivity contribution in [2.45, 2.75) is 19.3 Å². The van der Waals surface area contributed by atoms with Gasteiger partial charge >= 0.3 is 0 Å². The summed E-state index contributed by atoms with van der Waals surface area (Å²) in [7, 11) is 0. The van der Waals surface area contributed by atoms with Crippen molar-refractivity contribution in [1.29, 1.82) is 0 Å². The normalized spacial score (nSPS) is 13.6. The second-order valence-corrected chi connectivity index (χ2v) is 12.9. The molecule has 2 aromatic heterocycles. The van der Waals surface area contributed by atoms with Gasteiger partial charge in [-0.25, -0.2) is 0 Å². The fraction of sp³-hybridized carbons (Fsp3) is 0.0698. The van der Waals surface area contributed by atoms with Crippen molar-refractivity contribution in [2.24, 2.45) is 0 Å². The molecule has 0 radical (unpaired) electrons. The summed E-state index contributed by atoms with van der Waals surface area (Å²) in [5.74, 6) is 0. The minimum absolute atomic E-state index is 0.135. The number of hydrogen-bond donors (Lipinski definition) is 0. The quantitative estimate of drug-likeness (QED) is 0.205. The molecule has 10 rings (SSSR count). The molecular formula is C43H29NO2. The molecule has 0 saturated carbocycles. The maximum Gasteiger partial charge on any atom is 0.144 e. The van der Waals surface area contributed by atoms with Crippen LogP contribution < -0.4 is 4.90 Å². The Bertz CT molecular complexity index is 2670. The van der Waals surface area contributed by atoms with Gasteiger partial charge in [-0.1, -0.05) is 98.8 Å². The minimum atomic E-state index is -0.135. The van der Waals surface area contributed by atoms with Crippen LogP contribution in [0.25, 0.3) is 65.8 Å². The van der Waals surface area contributed by atoms with Gasteiger partial charge in [0, 0.05) is 55.7 Å². The van der Waals surface area contributed by atoms with Crippen molar-refractivity contribution in [1.82, 2.24) is 0 Å². The Kier molecular flexibility index (Phi) is 5.06. The maximum absolute atomic E-state index is 6.99. The molecule has 1 aliphatic rings. The lowest BCUT2D eigenvalue weighted by atomic mass is 9.79. The zero-order valence-electron chi connectivity index (χ0n) is 25.5. The number of rotatable bonds is 3. The molecule has 0 unspecified atom stereocenters. The first-order valence-corrected chi connectivity index (χ1v) is 15.9. The summed E-state index contributed by atoms with van der Waals surface area (Å²) in [6.45, 7) is 4.68. The molecule has 9 aromatic rings. The Morgan fingerprint density at radius 2 is 1.15 bits per heavy atom. The van der Waals surface area contributed by atoms with E-state index in [0.717, 1.165) is 55.6 Å². The SMILES string of the molecule is CC1(C)c2ccccc2-c2c1c1ccccc1c1c2oc2cc(N(c3ccccc3)c3ccc4oc5ccccc5c4c3)ccc21. The molecule has 1 aliphatic carbocycles. The highest BCUT2D eigenvalue weighted by molar-refractivity contribution is 6.25. The molecule has 0 atom stereocenters. The highest BCUT2D eigenvalue weighted by Crippen LogP contribution is 2.56. The summed E-state index contributed by atoms with van der Waals surface area (Å²) in [6.07, 6.45) is 0. The molecule has 0 amide bonds. The largest absolute Gasteiger partial charge is 0.456 e. The molecule has 0 saturated heterocycles. The van der Waals surface area contributed by atoms with Crippen molar-refractivity contribution < 1.29 is 8.83 Å². The van der Waals surface area contributed by atoms with Gasteiger partial charge in [0.1, 0.15) is 22.3 Å². The Morgan fingerprint density at radius 1 is 0.478 bits per heavy atom. The van der Waals surface area contributed by atoms with E-state index in [-0.39, 0.29) is 5.41 Å². The minimum Gasteiger partial charge on any atom is -0.456 e. The lowest BCUT2D eigenvalue weighted by molar-refractivity contribution is 0.657. The number of hydrogen-bond acceptors (Lipinski definition) is 3. The molecule has 0 aliphatic heterocycles. The molecule has 218 valence electrons. The van der Waals surface area contributed by atoms with Gasteiger partial charge < -0.3 is 13.7 Å². The lowest BCUT2D eigenvalue weighted by Gasteiger charge is -2.25. The van der Waals surface area contributed by atoms with Crippen LogP contribution >= 0.6 is 0 Å². The number of nitrogens with zero attached hydrogens (tertiary/aromatic N) is 1. The first-order chi connectivity index (χ1) is 22.6. The van der Waals surface area contributed by atoms with E-state index in [4.69, 9.17) is 8.83 Å². The van der Waals surface area contributed by atoms with Crippen LogP contribution in [-0.4, -0.2) is 0 Å². The predicted molar refractivity (Wildman–Crippen MR) is 191 cm³/mol. The predicted octanol–water partition coefficient (Wildman–Crippen LogP) is 12.4. The van der Waals surface area contributed by atoms with Gasteiger partial charge in [-0.15, -0.1) is 0 Å². The van der Waals surface area contributed by atoms with Crippen LogP contribution in [0, 0.1) is 0 Å². The molecule has 46 heavy (non-hydrogen) atoms. The second kappa shape index (κ2) is 9.12. The van der Waals surface area contributed by atoms with Gasteiger partial charge in [-0.3, -0.25) is 0 Å². The summed E-state index contributed by atoms with van der Waals surface area (Å²) < 4.78 is 13.2. The molecule has 0 bridgehead atoms. The summed E-state index contributed by atoms with van der Waals surface area (Å²) >= 11 is 0. The summed E-state index contributed by atoms with van der Waals surface area (Å²) in [6, 6.07) is 49.5. The van der Waals surface area contributed by atoms with E-state index in [9.17, 15) is 0 Å². The van der Waals surface area contributed by atoms with Crippen LogP contribution in [0.5, 0.6) is 0 Å². The first-order valence-electron chi connectivity index (χ1n) is 15.9. The Labute approximate surface area is 265 Å². The molecule has 3 heteroatoms. The van der Waals surface area contributed by atoms with Gasteiger partial charge in [0.05, 0.1) is 0 Å². The van der Waals surface area contributed by atoms with Crippen molar-refractivity contribution in [3.63, 3.8) is 0 Å². The van der Waals surface area contributed by atoms with Crippen LogP contribution in [0.3, 0.4) is 0 Å². The van der Waals surface area contributed by atoms with Crippen molar-refractivity contribution in [3.05, 3.63) is 151 Å². The molecule has 2 heterocycles. The van der Waals surface area contributed by atoms with Crippen LogP contribution in [0.15, 0.2) is 148 Å². The monoisotopic (exact) mass is 591 g/mol. The van der Waals surface area contributed by atoms with E-state index in [1.54, 1.807) is 0 Å². The Morgan fingerprint density at radius 3 is 2.02 bits per heavy atom. The highest BCUT2D eigenvalue weighted by atomic mass is 16.3. The fourth-order valence-corrected chi connectivity index (χ4v) is 8.00. The standard InChI is InChI=1S/C43H29NO2/c1-43(2)35-18-10-8-17-32(35)40-41(43)31-16-7-6-15-30(31)39-33-22-20-28(25-38(33)46-42(39)40)44(26-12-4-3-5-13-26)27-21-23-37-34(24-27)29-14-9-11-19-36(29)45-37/h3-25H,1-2H3. The molecule has 0 spiro atoms. The summed E-state index contributed by atoms with van der Waals surface area (Å²) in [4.78, 5) is 2.30. The molecule has 3 nitrogen and oxygen atoms in total. The number of furan rings is 2. The second-order valence-electron chi connectivity index (χ2n) is 12.9. The van der Waals surface area contributed by atoms with E-state index in [2.05, 4.69) is 146 Å². The third-order valence-electron chi connectivity index (χ3n) is 10.0. The molecular weight excluding hydrogens is 562 g/mol. The zero-order chi connectivity index (χ0) is 30.6. The van der Waals surface area contributed by atoms with E-state index in [1.165, 1.54) is 38.4 Å². The number of fused-ring (bicyclic) bond motifs is 13. The third-order valence-corrected chi connectivity index (χ3v) is 10.0. The van der Waals surface area contributed by atoms with Crippen molar-refractivity contribution in [2.75, 3.05) is 4.90 Å². The first kappa shape index (κ1) is 25.5. The average Bonchev–Trinajstić information content (AvgIpc) is 3.73. The van der Waals surface area contributed by atoms with Crippen LogP contribution in [0.1, 0.15) is 25.0 Å². The van der Waals surface area contributed by atoms with E-state index < -0.39 is 0 Å². The van der Waals surface area contributed by atoms with E-state index in [0.29, 0.717) is 0 Å². The zero-order valence-corrected chi connectivity index (χ0v) is 25.5. The van der Waals surface area contributed by atoms with E-state index in [1.807, 2.05) is 12.1 Å². The van der Waals surface area contributed by atoms with Gasteiger partial charge in [-0.05, 0) is 76.0 Å². The third kappa shape index (κ3) is 3.37. The van der Waals surface area contributed by atoms with Crippen molar-refractivity contribution >= 4 is 71.7 Å². The maximum atomic E-state index is 6.99. The Hall–Kier alpha value is -5.80. The number of benzene rings is 7. The fourth-order valence-electron chi connectivity index (χ4n) is 8.00. The van der Waals surface area contributed by atoms with Gasteiger partial charge in [0.2, 0.25) is 0 Å². The molecule has 7 aromatic carbocycles. The van der Waals surface area contributed by atoms with Gasteiger partial charge in [-0.2, -0.15) is 0 Å².